The minimum Gasteiger partial charge on any atom is -0.759 e. The van der Waals surface area contributed by atoms with Crippen molar-refractivity contribution in [3.63, 3.8) is 0 Å². The Morgan fingerprint density at radius 1 is 0.419 bits per heavy atom. The summed E-state index contributed by atoms with van der Waals surface area (Å²) in [5.41, 5.74) is 0. The van der Waals surface area contributed by atoms with Crippen LogP contribution in [-0.2, 0) is 50.4 Å². The molecule has 0 spiro atoms. The molecule has 0 aromatic heterocycles. The Hall–Kier alpha value is -0.0726. The summed E-state index contributed by atoms with van der Waals surface area (Å²) in [6.07, 6.45) is -5.37. The van der Waals surface area contributed by atoms with Crippen LogP contribution in [0.2, 0.25) is 0 Å². The van der Waals surface area contributed by atoms with Crippen molar-refractivity contribution in [1.82, 2.24) is 0 Å². The van der Waals surface area contributed by atoms with Crippen LogP contribution in [0.25, 0.3) is 0 Å². The Labute approximate surface area is 299 Å². The van der Waals surface area contributed by atoms with Crippen LogP contribution < -0.4 is 50.0 Å². The zero-order valence-corrected chi connectivity index (χ0v) is 30.1. The van der Waals surface area contributed by atoms with Gasteiger partial charge in [0, 0.05) is 31.2 Å². The molecule has 0 aliphatic heterocycles. The Kier molecular flexibility index (Phi) is 68.8. The third kappa shape index (κ3) is 263. The Bertz CT molecular complexity index is 828. The number of aliphatic hydroxyl groups is 4. The fourth-order valence-electron chi connectivity index (χ4n) is 0. The van der Waals surface area contributed by atoms with Crippen molar-refractivity contribution in [2.45, 2.75) is 52.1 Å². The van der Waals surface area contributed by atoms with E-state index in [2.05, 4.69) is 0 Å². The third-order valence-electron chi connectivity index (χ3n) is 1.36. The normalized spacial score (nSPS) is 11.7. The maximum absolute atomic E-state index is 9.34. The zero-order chi connectivity index (χ0) is 34.1. The molecule has 0 bridgehead atoms. The summed E-state index contributed by atoms with van der Waals surface area (Å²) in [7, 11) is -15.5. The number of aliphatic carboxylic acids is 4. The smallest absolute Gasteiger partial charge is 0.759 e. The van der Waals surface area contributed by atoms with Crippen molar-refractivity contribution in [2.75, 3.05) is 0 Å². The van der Waals surface area contributed by atoms with E-state index in [9.17, 15) is 39.6 Å². The number of carbonyl (C=O) groups excluding carboxylic acids is 4. The van der Waals surface area contributed by atoms with Crippen LogP contribution in [0.1, 0.15) is 27.7 Å². The molecule has 0 amide bonds. The molecular formula is C12H20Al3NaO24S3. The summed E-state index contributed by atoms with van der Waals surface area (Å²) in [4.78, 5) is 37.4. The number of hydrogen-bond donors (Lipinski definition) is 4. The summed E-state index contributed by atoms with van der Waals surface area (Å²) < 4.78 is 102. The average Bonchev–Trinajstić information content (AvgIpc) is 2.58. The second kappa shape index (κ2) is 40.0. The van der Waals surface area contributed by atoms with Crippen molar-refractivity contribution in [3.8, 4) is 0 Å². The van der Waals surface area contributed by atoms with Gasteiger partial charge in [-0.2, -0.15) is 0 Å². The van der Waals surface area contributed by atoms with Gasteiger partial charge >= 0.3 is 81.6 Å². The molecule has 0 aromatic rings. The van der Waals surface area contributed by atoms with Crippen LogP contribution >= 0.6 is 0 Å². The molecule has 240 valence electrons. The average molecular weight is 748 g/mol. The summed E-state index contributed by atoms with van der Waals surface area (Å²) in [5, 5.41) is 69.2. The summed E-state index contributed by atoms with van der Waals surface area (Å²) in [6.45, 7) is 4.54. The van der Waals surface area contributed by atoms with E-state index >= 15 is 0 Å². The zero-order valence-electron chi connectivity index (χ0n) is 22.2. The first kappa shape index (κ1) is 74.0. The summed E-state index contributed by atoms with van der Waals surface area (Å²) in [6, 6.07) is 0. The molecule has 43 heavy (non-hydrogen) atoms. The van der Waals surface area contributed by atoms with Gasteiger partial charge in [0.05, 0.1) is 48.3 Å². The quantitative estimate of drug-likeness (QED) is 0.118. The number of hydrogen-bond acceptors (Lipinski definition) is 24. The van der Waals surface area contributed by atoms with Gasteiger partial charge in [-0.1, -0.05) is 0 Å². The Morgan fingerprint density at radius 2 is 0.442 bits per heavy atom. The maximum Gasteiger partial charge on any atom is 3.00 e. The van der Waals surface area contributed by atoms with E-state index < -0.39 is 79.5 Å². The minimum atomic E-state index is -5.17. The molecule has 0 aromatic carbocycles. The summed E-state index contributed by atoms with van der Waals surface area (Å²) >= 11 is 0. The molecule has 0 saturated heterocycles. The number of aliphatic hydroxyl groups excluding tert-OH is 4. The predicted octanol–water partition coefficient (Wildman–Crippen LogP) is -15.7. The van der Waals surface area contributed by atoms with Crippen LogP contribution in [0, 0.1) is 0 Å². The van der Waals surface area contributed by atoms with Gasteiger partial charge in [0.25, 0.3) is 0 Å². The molecule has 31 heteroatoms. The van der Waals surface area contributed by atoms with E-state index in [-0.39, 0.29) is 81.6 Å². The molecule has 24 nitrogen and oxygen atoms in total. The SMILES string of the molecule is CC(O)C(=O)[O-].CC(O)C(=O)[O-].CC(O)C(=O)[O-].CC(O)C(=O)[O-].O=S(=O)([O-])[O-].O=S(=O)([O-])[O-].O=S(=O)([O-])[O-].[Al+3].[Al+3].[Al+3].[Na+]. The second-order valence-electron chi connectivity index (χ2n) is 5.20. The third-order valence-corrected chi connectivity index (χ3v) is 1.36. The van der Waals surface area contributed by atoms with E-state index in [4.69, 9.17) is 73.0 Å². The molecule has 4 atom stereocenters. The molecule has 0 radical (unpaired) electrons. The molecular weight excluding hydrogens is 728 g/mol. The Morgan fingerprint density at radius 3 is 0.442 bits per heavy atom. The maximum atomic E-state index is 9.34. The molecule has 4 N–H and O–H groups in total. The molecule has 0 aliphatic carbocycles. The van der Waals surface area contributed by atoms with Crippen molar-refractivity contribution in [2.24, 2.45) is 0 Å². The first-order chi connectivity index (χ1) is 16.6. The van der Waals surface area contributed by atoms with Crippen molar-refractivity contribution in [3.05, 3.63) is 0 Å². The van der Waals surface area contributed by atoms with Crippen LogP contribution in [0.5, 0.6) is 0 Å². The fourth-order valence-corrected chi connectivity index (χ4v) is 0. The largest absolute Gasteiger partial charge is 3.00 e. The molecule has 4 unspecified atom stereocenters. The molecule has 0 saturated carbocycles. The van der Waals surface area contributed by atoms with Crippen molar-refractivity contribution >= 4 is 107 Å². The topological polar surface area (TPSA) is 482 Å². The van der Waals surface area contributed by atoms with E-state index in [0.29, 0.717) is 0 Å². The van der Waals surface area contributed by atoms with Gasteiger partial charge in [0.1, 0.15) is 0 Å². The number of carboxylic acids is 4. The van der Waals surface area contributed by atoms with E-state index in [1.165, 1.54) is 0 Å². The van der Waals surface area contributed by atoms with Crippen LogP contribution in [0.4, 0.5) is 0 Å². The fraction of sp³-hybridized carbons (Fsp3) is 0.667. The van der Waals surface area contributed by atoms with Crippen LogP contribution in [0.15, 0.2) is 0 Å². The monoisotopic (exact) mass is 748 g/mol. The van der Waals surface area contributed by atoms with Crippen molar-refractivity contribution in [1.29, 1.82) is 0 Å². The molecule has 0 heterocycles. The van der Waals surface area contributed by atoms with Gasteiger partial charge in [-0.3, -0.25) is 25.3 Å². The first-order valence-electron chi connectivity index (χ1n) is 8.13. The van der Waals surface area contributed by atoms with E-state index in [1.807, 2.05) is 0 Å². The van der Waals surface area contributed by atoms with Crippen LogP contribution in [0.3, 0.4) is 0 Å². The van der Waals surface area contributed by atoms with Crippen LogP contribution in [-0.4, -0.2) is 173 Å². The van der Waals surface area contributed by atoms with Gasteiger partial charge in [-0.05, 0) is 27.7 Å². The molecule has 0 aliphatic rings. The van der Waals surface area contributed by atoms with Gasteiger partial charge in [0.15, 0.2) is 0 Å². The van der Waals surface area contributed by atoms with Gasteiger partial charge in [-0.25, -0.2) is 0 Å². The molecule has 0 fully saturated rings. The Balaban J connectivity index is -0.0000000304. The predicted molar refractivity (Wildman–Crippen MR) is 115 cm³/mol. The first-order valence-corrected chi connectivity index (χ1v) is 12.1. The second-order valence-corrected chi connectivity index (χ2v) is 7.65. The number of carbonyl (C=O) groups is 4. The minimum absolute atomic E-state index is 0. The van der Waals surface area contributed by atoms with E-state index in [1.54, 1.807) is 0 Å². The number of rotatable bonds is 4. The molecule has 0 rings (SSSR count). The standard InChI is InChI=1S/4C3H6O3.3Al.Na.3H2O4S/c4*1-2(4)3(5)6;;;;;3*1-5(2,3)4/h4*2,4H,1H3,(H,5,6);;;;;3*(H2,1,2,3,4)/q;;;;3*+3;+1;;;/p-10. The van der Waals surface area contributed by atoms with E-state index in [0.717, 1.165) is 27.7 Å². The van der Waals surface area contributed by atoms with Gasteiger partial charge in [-0.15, -0.1) is 0 Å². The van der Waals surface area contributed by atoms with Gasteiger partial charge in [0.2, 0.25) is 0 Å². The van der Waals surface area contributed by atoms with Crippen molar-refractivity contribution < 1.29 is 142 Å². The summed E-state index contributed by atoms with van der Waals surface area (Å²) in [5.74, 6) is -5.74. The van der Waals surface area contributed by atoms with Gasteiger partial charge < -0.3 is 87.3 Å². The number of carboxylic acid groups (broad SMARTS) is 4.